The molecule has 1 heterocycles. The summed E-state index contributed by atoms with van der Waals surface area (Å²) in [5.41, 5.74) is 0.826. The van der Waals surface area contributed by atoms with Gasteiger partial charge in [0, 0.05) is 5.56 Å². The average molecular weight is 338 g/mol. The Morgan fingerprint density at radius 2 is 1.87 bits per heavy atom. The fourth-order valence-corrected chi connectivity index (χ4v) is 2.85. The lowest BCUT2D eigenvalue weighted by molar-refractivity contribution is 0.222. The Bertz CT molecular complexity index is 418. The van der Waals surface area contributed by atoms with Gasteiger partial charge in [-0.3, -0.25) is 0 Å². The first-order valence-electron chi connectivity index (χ1n) is 4.57. The van der Waals surface area contributed by atoms with Gasteiger partial charge in [0.2, 0.25) is 0 Å². The van der Waals surface area contributed by atoms with Crippen molar-refractivity contribution in [3.05, 3.63) is 14.5 Å². The highest BCUT2D eigenvalue weighted by molar-refractivity contribution is 9.11. The molecule has 2 N–H and O–H groups in total. The number of hydrogen-bond donors (Lipinski definition) is 2. The lowest BCUT2D eigenvalue weighted by atomic mass is 9.98. The predicted molar refractivity (Wildman–Crippen MR) is 63.5 cm³/mol. The van der Waals surface area contributed by atoms with Crippen molar-refractivity contribution in [1.82, 2.24) is 0 Å². The second-order valence-corrected chi connectivity index (χ2v) is 5.34. The van der Waals surface area contributed by atoms with Crippen molar-refractivity contribution in [2.24, 2.45) is 5.92 Å². The Balaban J connectivity index is 2.65. The maximum Gasteiger partial charge on any atom is 0.176 e. The molecule has 15 heavy (non-hydrogen) atoms. The smallest absolute Gasteiger partial charge is 0.176 e. The summed E-state index contributed by atoms with van der Waals surface area (Å²) in [5, 5.41) is 19.5. The summed E-state index contributed by atoms with van der Waals surface area (Å²) in [6.07, 6.45) is 0.782. The van der Waals surface area contributed by atoms with E-state index >= 15 is 0 Å². The van der Waals surface area contributed by atoms with E-state index in [1.807, 2.05) is 0 Å². The summed E-state index contributed by atoms with van der Waals surface area (Å²) >= 11 is 6.42. The van der Waals surface area contributed by atoms with Gasteiger partial charge in [0.25, 0.3) is 0 Å². The molecule has 0 bridgehead atoms. The van der Waals surface area contributed by atoms with Crippen LogP contribution in [0.1, 0.15) is 12.5 Å². The van der Waals surface area contributed by atoms with E-state index in [9.17, 15) is 10.2 Å². The largest absolute Gasteiger partial charge is 0.505 e. The third-order valence-corrected chi connectivity index (χ3v) is 4.05. The molecule has 5 heteroatoms. The number of aromatic hydroxyl groups is 2. The van der Waals surface area contributed by atoms with Crippen molar-refractivity contribution in [2.75, 3.05) is 6.61 Å². The first kappa shape index (κ1) is 11.1. The highest BCUT2D eigenvalue weighted by Crippen LogP contribution is 2.50. The van der Waals surface area contributed by atoms with Gasteiger partial charge in [0.15, 0.2) is 11.5 Å². The third-order valence-electron chi connectivity index (χ3n) is 2.44. The Hall–Kier alpha value is -0.420. The zero-order chi connectivity index (χ0) is 11.2. The number of ether oxygens (including phenoxy) is 1. The zero-order valence-corrected chi connectivity index (χ0v) is 11.2. The fourth-order valence-electron chi connectivity index (χ4n) is 1.66. The molecule has 0 radical (unpaired) electrons. The van der Waals surface area contributed by atoms with Crippen LogP contribution in [-0.2, 0) is 6.42 Å². The molecule has 0 saturated heterocycles. The van der Waals surface area contributed by atoms with Crippen molar-refractivity contribution in [3.63, 3.8) is 0 Å². The van der Waals surface area contributed by atoms with Gasteiger partial charge in [-0.1, -0.05) is 6.92 Å². The van der Waals surface area contributed by atoms with Crippen LogP contribution in [0.5, 0.6) is 17.2 Å². The van der Waals surface area contributed by atoms with E-state index in [2.05, 4.69) is 38.8 Å². The third kappa shape index (κ3) is 1.72. The molecular formula is C10H10Br2O3. The normalized spacial score (nSPS) is 19.5. The Morgan fingerprint density at radius 3 is 2.53 bits per heavy atom. The van der Waals surface area contributed by atoms with E-state index in [-0.39, 0.29) is 16.0 Å². The van der Waals surface area contributed by atoms with Gasteiger partial charge in [0.05, 0.1) is 11.1 Å². The second kappa shape index (κ2) is 3.87. The van der Waals surface area contributed by atoms with Gasteiger partial charge >= 0.3 is 0 Å². The highest BCUT2D eigenvalue weighted by Gasteiger charge is 2.27. The molecular weight excluding hydrogens is 328 g/mol. The van der Waals surface area contributed by atoms with E-state index in [1.54, 1.807) is 0 Å². The molecule has 1 aliphatic heterocycles. The first-order chi connectivity index (χ1) is 7.02. The number of fused-ring (bicyclic) bond motifs is 1. The average Bonchev–Trinajstić information content (AvgIpc) is 2.23. The van der Waals surface area contributed by atoms with Crippen LogP contribution >= 0.6 is 31.9 Å². The molecule has 0 aliphatic carbocycles. The predicted octanol–water partition coefficient (Wildman–Crippen LogP) is 3.19. The molecule has 0 saturated carbocycles. The molecule has 1 atom stereocenters. The van der Waals surface area contributed by atoms with Gasteiger partial charge in [-0.25, -0.2) is 0 Å². The number of rotatable bonds is 0. The molecule has 0 fully saturated rings. The number of hydrogen-bond acceptors (Lipinski definition) is 3. The minimum atomic E-state index is -0.0300. The standard InChI is InChI=1S/C10H10Br2O3/c1-4-2-5-6(11)8(13)7(12)9(14)10(5)15-3-4/h4,13-14H,2-3H2,1H3/t4-/m1/s1. The summed E-state index contributed by atoms with van der Waals surface area (Å²) < 4.78 is 6.32. The van der Waals surface area contributed by atoms with E-state index in [0.29, 0.717) is 22.7 Å². The maximum absolute atomic E-state index is 9.78. The van der Waals surface area contributed by atoms with E-state index < -0.39 is 0 Å². The SMILES string of the molecule is C[C@H]1COc2c(O)c(Br)c(O)c(Br)c2C1. The zero-order valence-electron chi connectivity index (χ0n) is 8.05. The molecule has 2 rings (SSSR count). The summed E-state index contributed by atoms with van der Waals surface area (Å²) in [6, 6.07) is 0. The van der Waals surface area contributed by atoms with Crippen molar-refractivity contribution in [2.45, 2.75) is 13.3 Å². The summed E-state index contributed by atoms with van der Waals surface area (Å²) in [6.45, 7) is 2.65. The van der Waals surface area contributed by atoms with Crippen LogP contribution in [0.15, 0.2) is 8.95 Å². The number of phenolic OH excluding ortho intramolecular Hbond substituents is 2. The quantitative estimate of drug-likeness (QED) is 0.764. The topological polar surface area (TPSA) is 49.7 Å². The maximum atomic E-state index is 9.78. The molecule has 82 valence electrons. The van der Waals surface area contributed by atoms with Crippen molar-refractivity contribution < 1.29 is 14.9 Å². The number of benzene rings is 1. The molecule has 0 amide bonds. The second-order valence-electron chi connectivity index (χ2n) is 3.75. The van der Waals surface area contributed by atoms with Crippen LogP contribution in [0.4, 0.5) is 0 Å². The lowest BCUT2D eigenvalue weighted by Gasteiger charge is -2.25. The molecule has 3 nitrogen and oxygen atoms in total. The lowest BCUT2D eigenvalue weighted by Crippen LogP contribution is -2.18. The van der Waals surface area contributed by atoms with Crippen LogP contribution in [-0.4, -0.2) is 16.8 Å². The van der Waals surface area contributed by atoms with Gasteiger partial charge in [-0.2, -0.15) is 0 Å². The monoisotopic (exact) mass is 336 g/mol. The number of halogens is 2. The van der Waals surface area contributed by atoms with Crippen molar-refractivity contribution in [3.8, 4) is 17.2 Å². The first-order valence-corrected chi connectivity index (χ1v) is 6.15. The van der Waals surface area contributed by atoms with Crippen molar-refractivity contribution >= 4 is 31.9 Å². The van der Waals surface area contributed by atoms with Crippen LogP contribution < -0.4 is 4.74 Å². The summed E-state index contributed by atoms with van der Waals surface area (Å²) in [5.74, 6) is 0.833. The fraction of sp³-hybridized carbons (Fsp3) is 0.400. The molecule has 0 aromatic heterocycles. The minimum absolute atomic E-state index is 0.0175. The van der Waals surface area contributed by atoms with Crippen LogP contribution in [0.2, 0.25) is 0 Å². The van der Waals surface area contributed by atoms with Gasteiger partial charge in [-0.05, 0) is 44.2 Å². The molecule has 0 spiro atoms. The Morgan fingerprint density at radius 1 is 1.20 bits per heavy atom. The highest BCUT2D eigenvalue weighted by atomic mass is 79.9. The number of phenols is 2. The van der Waals surface area contributed by atoms with Crippen LogP contribution in [0, 0.1) is 5.92 Å². The van der Waals surface area contributed by atoms with Gasteiger partial charge < -0.3 is 14.9 Å². The van der Waals surface area contributed by atoms with Crippen LogP contribution in [0.3, 0.4) is 0 Å². The minimum Gasteiger partial charge on any atom is -0.505 e. The van der Waals surface area contributed by atoms with Crippen molar-refractivity contribution in [1.29, 1.82) is 0 Å². The van der Waals surface area contributed by atoms with Gasteiger partial charge in [-0.15, -0.1) is 0 Å². The van der Waals surface area contributed by atoms with E-state index in [4.69, 9.17) is 4.74 Å². The van der Waals surface area contributed by atoms with E-state index in [0.717, 1.165) is 12.0 Å². The van der Waals surface area contributed by atoms with Gasteiger partial charge in [0.1, 0.15) is 10.2 Å². The Kier molecular flexibility index (Phi) is 2.85. The summed E-state index contributed by atoms with van der Waals surface area (Å²) in [7, 11) is 0. The molecule has 0 unspecified atom stereocenters. The molecule has 1 aliphatic rings. The molecule has 1 aromatic rings. The van der Waals surface area contributed by atoms with E-state index in [1.165, 1.54) is 0 Å². The Labute approximate surface area is 104 Å². The summed E-state index contributed by atoms with van der Waals surface area (Å²) in [4.78, 5) is 0. The van der Waals surface area contributed by atoms with Crippen LogP contribution in [0.25, 0.3) is 0 Å². The molecule has 1 aromatic carbocycles.